The molecule has 1 fully saturated rings. The summed E-state index contributed by atoms with van der Waals surface area (Å²) in [5, 5.41) is 3.18. The van der Waals surface area contributed by atoms with Crippen molar-refractivity contribution >= 4 is 35.6 Å². The van der Waals surface area contributed by atoms with Crippen LogP contribution in [0.4, 0.5) is 4.79 Å². The first-order chi connectivity index (χ1) is 15.9. The van der Waals surface area contributed by atoms with E-state index in [1.807, 2.05) is 18.2 Å². The lowest BCUT2D eigenvalue weighted by Gasteiger charge is -2.09. The number of amides is 3. The van der Waals surface area contributed by atoms with Crippen molar-refractivity contribution in [3.8, 4) is 5.75 Å². The zero-order valence-electron chi connectivity index (χ0n) is 17.5. The first-order valence-corrected chi connectivity index (χ1v) is 10.3. The lowest BCUT2D eigenvalue weighted by atomic mass is 10.2. The fraction of sp³-hybridized carbons (Fsp3) is 0.125. The van der Waals surface area contributed by atoms with Crippen molar-refractivity contribution in [1.29, 1.82) is 0 Å². The van der Waals surface area contributed by atoms with Gasteiger partial charge in [0.05, 0.1) is 13.7 Å². The zero-order valence-corrected chi connectivity index (χ0v) is 18.3. The number of carbonyl (C=O) groups is 3. The number of benzene rings is 2. The summed E-state index contributed by atoms with van der Waals surface area (Å²) >= 11 is 6.14. The molecule has 2 heterocycles. The quantitative estimate of drug-likeness (QED) is 0.315. The predicted octanol–water partition coefficient (Wildman–Crippen LogP) is 4.39. The van der Waals surface area contributed by atoms with Crippen LogP contribution in [0.5, 0.6) is 5.75 Å². The number of urea groups is 1. The van der Waals surface area contributed by atoms with Gasteiger partial charge in [-0.1, -0.05) is 41.9 Å². The van der Waals surface area contributed by atoms with Crippen LogP contribution in [0.2, 0.25) is 5.02 Å². The van der Waals surface area contributed by atoms with Gasteiger partial charge in [0.15, 0.2) is 0 Å². The predicted molar refractivity (Wildman–Crippen MR) is 119 cm³/mol. The van der Waals surface area contributed by atoms with Gasteiger partial charge >= 0.3 is 12.0 Å². The second-order valence-corrected chi connectivity index (χ2v) is 7.49. The Hall–Kier alpha value is -4.04. The molecular formula is C24H19ClN2O6. The second kappa shape index (κ2) is 9.62. The summed E-state index contributed by atoms with van der Waals surface area (Å²) in [5.41, 5.74) is 1.71. The number of carbonyl (C=O) groups excluding carboxylic acids is 3. The maximum Gasteiger partial charge on any atom is 0.373 e. The Morgan fingerprint density at radius 2 is 1.85 bits per heavy atom. The van der Waals surface area contributed by atoms with Gasteiger partial charge in [0, 0.05) is 10.6 Å². The molecule has 4 rings (SSSR count). The standard InChI is InChI=1S/C24H19ClN2O6/c1-31-23(29)21-11-10-18(33-21)13-27-22(28)20(26-24(27)30)12-15-6-8-17(9-7-15)32-14-16-4-2-3-5-19(16)25/h2-12H,13-14H2,1H3,(H,26,30). The first kappa shape index (κ1) is 22.2. The third kappa shape index (κ3) is 5.07. The molecule has 8 nitrogen and oxygen atoms in total. The molecule has 168 valence electrons. The molecule has 0 unspecified atom stereocenters. The molecule has 0 saturated carbocycles. The monoisotopic (exact) mass is 466 g/mol. The van der Waals surface area contributed by atoms with Crippen molar-refractivity contribution in [2.45, 2.75) is 13.2 Å². The van der Waals surface area contributed by atoms with Crippen molar-refractivity contribution in [2.75, 3.05) is 7.11 Å². The van der Waals surface area contributed by atoms with Crippen LogP contribution in [0.25, 0.3) is 6.08 Å². The Bertz CT molecular complexity index is 1230. The van der Waals surface area contributed by atoms with Gasteiger partial charge in [-0.3, -0.25) is 9.69 Å². The largest absolute Gasteiger partial charge is 0.489 e. The molecule has 9 heteroatoms. The number of furan rings is 1. The minimum atomic E-state index is -0.640. The summed E-state index contributed by atoms with van der Waals surface area (Å²) in [6.45, 7) is 0.210. The fourth-order valence-electron chi connectivity index (χ4n) is 3.15. The summed E-state index contributed by atoms with van der Waals surface area (Å²) in [6.07, 6.45) is 1.57. The van der Waals surface area contributed by atoms with Gasteiger partial charge in [0.2, 0.25) is 5.76 Å². The molecule has 0 aliphatic carbocycles. The maximum absolute atomic E-state index is 12.7. The number of ether oxygens (including phenoxy) is 2. The van der Waals surface area contributed by atoms with E-state index in [9.17, 15) is 14.4 Å². The Balaban J connectivity index is 1.40. The van der Waals surface area contributed by atoms with E-state index in [0.717, 1.165) is 10.5 Å². The Morgan fingerprint density at radius 1 is 1.09 bits per heavy atom. The average molecular weight is 467 g/mol. The highest BCUT2D eigenvalue weighted by atomic mass is 35.5. The van der Waals surface area contributed by atoms with Crippen LogP contribution in [0.15, 0.2) is 70.8 Å². The number of imide groups is 1. The Kier molecular flexibility index (Phi) is 6.46. The van der Waals surface area contributed by atoms with E-state index in [4.69, 9.17) is 20.8 Å². The van der Waals surface area contributed by atoms with Gasteiger partial charge in [-0.25, -0.2) is 9.59 Å². The van der Waals surface area contributed by atoms with Crippen LogP contribution in [0, 0.1) is 0 Å². The van der Waals surface area contributed by atoms with Crippen LogP contribution in [0.1, 0.15) is 27.4 Å². The molecule has 3 aromatic rings. The van der Waals surface area contributed by atoms with Crippen molar-refractivity contribution in [3.63, 3.8) is 0 Å². The minimum absolute atomic E-state index is 0.00726. The van der Waals surface area contributed by atoms with E-state index in [-0.39, 0.29) is 23.8 Å². The number of nitrogens with zero attached hydrogens (tertiary/aromatic N) is 1. The van der Waals surface area contributed by atoms with Crippen LogP contribution in [0.3, 0.4) is 0 Å². The highest BCUT2D eigenvalue weighted by Crippen LogP contribution is 2.22. The van der Waals surface area contributed by atoms with Crippen LogP contribution in [-0.4, -0.2) is 29.9 Å². The topological polar surface area (TPSA) is 98.1 Å². The summed E-state index contributed by atoms with van der Waals surface area (Å²) in [5.74, 6) is -0.236. The van der Waals surface area contributed by atoms with E-state index in [2.05, 4.69) is 10.1 Å². The molecule has 3 amide bonds. The first-order valence-electron chi connectivity index (χ1n) is 9.92. The molecule has 0 atom stereocenters. The SMILES string of the molecule is COC(=O)c1ccc(CN2C(=O)NC(=Cc3ccc(OCc4ccccc4Cl)cc3)C2=O)o1. The van der Waals surface area contributed by atoms with Crippen LogP contribution >= 0.6 is 11.6 Å². The van der Waals surface area contributed by atoms with E-state index in [0.29, 0.717) is 22.9 Å². The third-order valence-electron chi connectivity index (χ3n) is 4.87. The average Bonchev–Trinajstić information content (AvgIpc) is 3.39. The lowest BCUT2D eigenvalue weighted by molar-refractivity contribution is -0.123. The van der Waals surface area contributed by atoms with Crippen molar-refractivity contribution in [3.05, 3.63) is 94.0 Å². The highest BCUT2D eigenvalue weighted by molar-refractivity contribution is 6.31. The molecule has 33 heavy (non-hydrogen) atoms. The smallest absolute Gasteiger partial charge is 0.373 e. The summed E-state index contributed by atoms with van der Waals surface area (Å²) in [4.78, 5) is 37.5. The summed E-state index contributed by atoms with van der Waals surface area (Å²) < 4.78 is 15.7. The minimum Gasteiger partial charge on any atom is -0.489 e. The normalized spacial score (nSPS) is 14.5. The van der Waals surface area contributed by atoms with Gasteiger partial charge in [0.1, 0.15) is 23.8 Å². The molecule has 1 N–H and O–H groups in total. The number of hydrogen-bond donors (Lipinski definition) is 1. The number of rotatable bonds is 7. The van der Waals surface area contributed by atoms with E-state index in [1.54, 1.807) is 36.4 Å². The maximum atomic E-state index is 12.7. The lowest BCUT2D eigenvalue weighted by Crippen LogP contribution is -2.30. The second-order valence-electron chi connectivity index (χ2n) is 7.09. The molecule has 0 bridgehead atoms. The fourth-order valence-corrected chi connectivity index (χ4v) is 3.34. The van der Waals surface area contributed by atoms with Crippen molar-refractivity contribution in [1.82, 2.24) is 10.2 Å². The summed E-state index contributed by atoms with van der Waals surface area (Å²) in [7, 11) is 1.23. The van der Waals surface area contributed by atoms with Crippen molar-refractivity contribution in [2.24, 2.45) is 0 Å². The molecule has 0 radical (unpaired) electrons. The van der Waals surface area contributed by atoms with E-state index in [1.165, 1.54) is 19.2 Å². The zero-order chi connectivity index (χ0) is 23.4. The number of halogens is 1. The van der Waals surface area contributed by atoms with Gasteiger partial charge in [-0.15, -0.1) is 0 Å². The third-order valence-corrected chi connectivity index (χ3v) is 5.24. The highest BCUT2D eigenvalue weighted by Gasteiger charge is 2.34. The number of hydrogen-bond acceptors (Lipinski definition) is 6. The molecule has 1 aliphatic rings. The summed E-state index contributed by atoms with van der Waals surface area (Å²) in [6, 6.07) is 16.9. The Labute approximate surface area is 194 Å². The van der Waals surface area contributed by atoms with E-state index < -0.39 is 17.9 Å². The van der Waals surface area contributed by atoms with Gasteiger partial charge < -0.3 is 19.2 Å². The van der Waals surface area contributed by atoms with Crippen LogP contribution < -0.4 is 10.1 Å². The number of nitrogens with one attached hydrogen (secondary N) is 1. The molecular weight excluding hydrogens is 448 g/mol. The van der Waals surface area contributed by atoms with Gasteiger partial charge in [0.25, 0.3) is 5.91 Å². The molecule has 1 aliphatic heterocycles. The number of esters is 1. The molecule has 2 aromatic carbocycles. The Morgan fingerprint density at radius 3 is 2.58 bits per heavy atom. The molecule has 1 aromatic heterocycles. The van der Waals surface area contributed by atoms with Crippen molar-refractivity contribution < 1.29 is 28.3 Å². The molecule has 1 saturated heterocycles. The van der Waals surface area contributed by atoms with Crippen LogP contribution in [-0.2, 0) is 22.7 Å². The van der Waals surface area contributed by atoms with Gasteiger partial charge in [-0.05, 0) is 42.0 Å². The van der Waals surface area contributed by atoms with Gasteiger partial charge in [-0.2, -0.15) is 0 Å². The number of methoxy groups -OCH3 is 1. The molecule has 0 spiro atoms. The van der Waals surface area contributed by atoms with E-state index >= 15 is 0 Å².